The number of nitrogens with two attached hydrogens (primary N) is 2. The summed E-state index contributed by atoms with van der Waals surface area (Å²) in [6, 6.07) is 0. The number of hydrogen-bond donors (Lipinski definition) is 2. The van der Waals surface area contributed by atoms with E-state index in [0.717, 1.165) is 31.5 Å². The molecule has 0 aromatic carbocycles. The number of carbonyl (C=O) groups is 1. The first-order chi connectivity index (χ1) is 12.0. The van der Waals surface area contributed by atoms with Gasteiger partial charge in [0.15, 0.2) is 5.78 Å². The number of hydrogen-bond acceptors (Lipinski definition) is 5. The zero-order valence-corrected chi connectivity index (χ0v) is 16.5. The number of carbonyl (C=O) groups excluding carboxylic acids is 1. The van der Waals surface area contributed by atoms with Gasteiger partial charge in [0.05, 0.1) is 6.20 Å². The third-order valence-electron chi connectivity index (χ3n) is 3.94. The second kappa shape index (κ2) is 16.2. The van der Waals surface area contributed by atoms with Gasteiger partial charge in [0.25, 0.3) is 0 Å². The van der Waals surface area contributed by atoms with Crippen LogP contribution in [0.5, 0.6) is 0 Å². The Morgan fingerprint density at radius 3 is 1.70 bits per heavy atom. The summed E-state index contributed by atoms with van der Waals surface area (Å²) in [6.07, 6.45) is 8.96. The quantitative estimate of drug-likeness (QED) is 0.451. The second-order valence-corrected chi connectivity index (χ2v) is 5.75. The summed E-state index contributed by atoms with van der Waals surface area (Å²) in [6.45, 7) is 8.00. The van der Waals surface area contributed by atoms with Crippen molar-refractivity contribution in [1.29, 1.82) is 0 Å². The van der Waals surface area contributed by atoms with E-state index >= 15 is 0 Å². The highest BCUT2D eigenvalue weighted by Gasteiger charge is 2.08. The Morgan fingerprint density at radius 2 is 1.37 bits per heavy atom. The van der Waals surface area contributed by atoms with Crippen LogP contribution in [0.1, 0.15) is 83.2 Å². The van der Waals surface area contributed by atoms with Gasteiger partial charge in [-0.15, -0.1) is 0 Å². The molecule has 2 aromatic heterocycles. The zero-order valence-electron chi connectivity index (χ0n) is 16.5. The average Bonchev–Trinajstić information content (AvgIpc) is 3.15. The first kappa shape index (κ1) is 29.8. The van der Waals surface area contributed by atoms with Crippen molar-refractivity contribution < 1.29 is 4.79 Å². The Labute approximate surface area is 166 Å². The van der Waals surface area contributed by atoms with E-state index in [0.29, 0.717) is 5.69 Å². The van der Waals surface area contributed by atoms with Gasteiger partial charge in [-0.2, -0.15) is 0 Å². The SMILES string of the molecule is C.C.CCCc1ncc(C(C)=O)n1C.CCCc1ncc(CC)n1C.NN. The number of aromatic nitrogens is 4. The fourth-order valence-corrected chi connectivity index (χ4v) is 2.50. The van der Waals surface area contributed by atoms with Crippen molar-refractivity contribution >= 4 is 5.78 Å². The molecule has 0 atom stereocenters. The van der Waals surface area contributed by atoms with Gasteiger partial charge in [0.2, 0.25) is 0 Å². The molecule has 0 spiro atoms. The summed E-state index contributed by atoms with van der Waals surface area (Å²) in [5.74, 6) is 10.3. The molecule has 7 nitrogen and oxygen atoms in total. The van der Waals surface area contributed by atoms with Crippen molar-refractivity contribution in [1.82, 2.24) is 19.1 Å². The molecule has 0 saturated heterocycles. The van der Waals surface area contributed by atoms with Crippen LogP contribution in [0.4, 0.5) is 0 Å². The van der Waals surface area contributed by atoms with Gasteiger partial charge in [0.1, 0.15) is 17.3 Å². The maximum atomic E-state index is 11.0. The Hall–Kier alpha value is -1.99. The number of hydrazine groups is 1. The van der Waals surface area contributed by atoms with Gasteiger partial charge in [-0.3, -0.25) is 16.5 Å². The first-order valence-corrected chi connectivity index (χ1v) is 8.80. The summed E-state index contributed by atoms with van der Waals surface area (Å²) < 4.78 is 4.06. The first-order valence-electron chi connectivity index (χ1n) is 8.80. The normalized spacial score (nSPS) is 9.04. The molecule has 0 aliphatic rings. The number of aryl methyl sites for hydroxylation is 3. The van der Waals surface area contributed by atoms with E-state index in [1.54, 1.807) is 13.1 Å². The van der Waals surface area contributed by atoms with Crippen LogP contribution in [0.2, 0.25) is 0 Å². The Balaban J connectivity index is -0.000000367. The molecule has 0 aliphatic carbocycles. The fourth-order valence-electron chi connectivity index (χ4n) is 2.50. The van der Waals surface area contributed by atoms with Crippen LogP contribution in [-0.4, -0.2) is 24.9 Å². The lowest BCUT2D eigenvalue weighted by atomic mass is 10.3. The van der Waals surface area contributed by atoms with E-state index in [2.05, 4.69) is 54.0 Å². The molecule has 0 saturated carbocycles. The van der Waals surface area contributed by atoms with Crippen LogP contribution < -0.4 is 11.7 Å². The molecule has 0 amide bonds. The molecule has 2 aromatic rings. The summed E-state index contributed by atoms with van der Waals surface area (Å²) in [5, 5.41) is 0. The number of nitrogens with zero attached hydrogens (tertiary/aromatic N) is 4. The van der Waals surface area contributed by atoms with Crippen LogP contribution >= 0.6 is 0 Å². The van der Waals surface area contributed by atoms with Crippen molar-refractivity contribution in [3.05, 3.63) is 35.4 Å². The van der Waals surface area contributed by atoms with E-state index in [4.69, 9.17) is 0 Å². The molecule has 0 fully saturated rings. The van der Waals surface area contributed by atoms with Gasteiger partial charge < -0.3 is 9.13 Å². The summed E-state index contributed by atoms with van der Waals surface area (Å²) in [5.41, 5.74) is 2.02. The Bertz CT molecular complexity index is 630. The molecular weight excluding hydrogens is 340 g/mol. The molecule has 27 heavy (non-hydrogen) atoms. The van der Waals surface area contributed by atoms with Gasteiger partial charge in [0, 0.05) is 45.8 Å². The fraction of sp³-hybridized carbons (Fsp3) is 0.650. The molecule has 4 N–H and O–H groups in total. The van der Waals surface area contributed by atoms with Crippen molar-refractivity contribution in [3.8, 4) is 0 Å². The van der Waals surface area contributed by atoms with E-state index in [-0.39, 0.29) is 20.6 Å². The number of rotatable bonds is 6. The van der Waals surface area contributed by atoms with Crippen molar-refractivity contribution in [2.24, 2.45) is 25.8 Å². The Kier molecular flexibility index (Phi) is 17.9. The standard InChI is InChI=1S/C9H14N2O.C9H16N2.2CH4.H4N2/c1-4-5-9-10-6-8(7(2)12)11(9)3;1-4-6-9-10-7-8(5-2)11(9)3;;;1-2/h6H,4-5H2,1-3H3;7H,4-6H2,1-3H3;2*1H4;1-2H2. The van der Waals surface area contributed by atoms with Crippen molar-refractivity contribution in [2.75, 3.05) is 0 Å². The lowest BCUT2D eigenvalue weighted by molar-refractivity contribution is 0.101. The van der Waals surface area contributed by atoms with E-state index in [1.807, 2.05) is 17.8 Å². The highest BCUT2D eigenvalue weighted by atomic mass is 16.1. The number of Topliss-reactive ketones (excluding diaryl/α,β-unsaturated/α-hetero) is 1. The number of imidazole rings is 2. The largest absolute Gasteiger partial charge is 0.335 e. The van der Waals surface area contributed by atoms with Gasteiger partial charge in [-0.25, -0.2) is 9.97 Å². The predicted octanol–water partition coefficient (Wildman–Crippen LogP) is 3.60. The van der Waals surface area contributed by atoms with Crippen LogP contribution in [0.15, 0.2) is 12.4 Å². The lowest BCUT2D eigenvalue weighted by Crippen LogP contribution is -2.04. The third kappa shape index (κ3) is 8.97. The van der Waals surface area contributed by atoms with Crippen LogP contribution in [0.25, 0.3) is 0 Å². The average molecular weight is 383 g/mol. The molecule has 0 aliphatic heterocycles. The summed E-state index contributed by atoms with van der Waals surface area (Å²) >= 11 is 0. The summed E-state index contributed by atoms with van der Waals surface area (Å²) in [4.78, 5) is 19.5. The van der Waals surface area contributed by atoms with Crippen LogP contribution in [0, 0.1) is 0 Å². The monoisotopic (exact) mass is 382 g/mol. The molecule has 158 valence electrons. The molecule has 2 heterocycles. The van der Waals surface area contributed by atoms with Crippen molar-refractivity contribution in [2.45, 2.75) is 74.7 Å². The smallest absolute Gasteiger partial charge is 0.177 e. The van der Waals surface area contributed by atoms with E-state index < -0.39 is 0 Å². The molecular formula is C20H42N6O. The topological polar surface area (TPSA) is 105 Å². The second-order valence-electron chi connectivity index (χ2n) is 5.75. The van der Waals surface area contributed by atoms with Crippen LogP contribution in [-0.2, 0) is 33.4 Å². The third-order valence-corrected chi connectivity index (χ3v) is 3.94. The highest BCUT2D eigenvalue weighted by Crippen LogP contribution is 2.06. The predicted molar refractivity (Wildman–Crippen MR) is 116 cm³/mol. The zero-order chi connectivity index (χ0) is 19.4. The molecule has 0 radical (unpaired) electrons. The van der Waals surface area contributed by atoms with E-state index in [9.17, 15) is 4.79 Å². The lowest BCUT2D eigenvalue weighted by Gasteiger charge is -2.01. The minimum Gasteiger partial charge on any atom is -0.335 e. The van der Waals surface area contributed by atoms with Gasteiger partial charge >= 0.3 is 0 Å². The summed E-state index contributed by atoms with van der Waals surface area (Å²) in [7, 11) is 3.98. The molecule has 0 bridgehead atoms. The number of ketones is 1. The minimum atomic E-state index is 0. The minimum absolute atomic E-state index is 0. The molecule has 0 unspecified atom stereocenters. The maximum absolute atomic E-state index is 11.0. The van der Waals surface area contributed by atoms with Gasteiger partial charge in [-0.05, 0) is 19.3 Å². The van der Waals surface area contributed by atoms with Crippen LogP contribution in [0.3, 0.4) is 0 Å². The maximum Gasteiger partial charge on any atom is 0.177 e. The molecule has 2 rings (SSSR count). The molecule has 7 heteroatoms. The Morgan fingerprint density at radius 1 is 0.926 bits per heavy atom. The van der Waals surface area contributed by atoms with Crippen molar-refractivity contribution in [3.63, 3.8) is 0 Å². The van der Waals surface area contributed by atoms with E-state index in [1.165, 1.54) is 17.9 Å². The highest BCUT2D eigenvalue weighted by molar-refractivity contribution is 5.92. The van der Waals surface area contributed by atoms with Gasteiger partial charge in [-0.1, -0.05) is 35.6 Å².